The molecule has 19 heavy (non-hydrogen) atoms. The molecule has 2 aliphatic rings. The fourth-order valence-electron chi connectivity index (χ4n) is 3.38. The highest BCUT2D eigenvalue weighted by Crippen LogP contribution is 2.41. The fourth-order valence-corrected chi connectivity index (χ4v) is 3.38. The van der Waals surface area contributed by atoms with E-state index >= 15 is 0 Å². The number of hydrogen-bond donors (Lipinski definition) is 0. The van der Waals surface area contributed by atoms with Crippen LogP contribution in [-0.2, 0) is 16.0 Å². The van der Waals surface area contributed by atoms with E-state index in [4.69, 9.17) is 0 Å². The van der Waals surface area contributed by atoms with Crippen LogP contribution >= 0.6 is 0 Å². The molecule has 0 spiro atoms. The van der Waals surface area contributed by atoms with Crippen LogP contribution in [0.25, 0.3) is 0 Å². The van der Waals surface area contributed by atoms with E-state index in [2.05, 4.69) is 26.8 Å². The maximum absolute atomic E-state index is 11.9. The van der Waals surface area contributed by atoms with Gasteiger partial charge in [0.25, 0.3) is 11.8 Å². The molecule has 0 aromatic heterocycles. The molecule has 0 fully saturated rings. The number of amides is 2. The van der Waals surface area contributed by atoms with Crippen molar-refractivity contribution in [1.29, 1.82) is 0 Å². The lowest BCUT2D eigenvalue weighted by Gasteiger charge is -2.24. The van der Waals surface area contributed by atoms with Crippen LogP contribution in [-0.4, -0.2) is 16.7 Å². The van der Waals surface area contributed by atoms with Crippen molar-refractivity contribution in [3.8, 4) is 0 Å². The molecule has 1 atom stereocenters. The summed E-state index contributed by atoms with van der Waals surface area (Å²) in [5.41, 5.74) is 6.29. The lowest BCUT2D eigenvalue weighted by molar-refractivity contribution is -0.139. The minimum Gasteiger partial charge on any atom is -0.269 e. The minimum atomic E-state index is -0.180. The summed E-state index contributed by atoms with van der Waals surface area (Å²) in [5, 5.41) is 0. The summed E-state index contributed by atoms with van der Waals surface area (Å²) >= 11 is 0. The van der Waals surface area contributed by atoms with E-state index in [1.54, 1.807) is 0 Å². The number of imide groups is 1. The summed E-state index contributed by atoms with van der Waals surface area (Å²) in [6.07, 6.45) is 4.54. The Morgan fingerprint density at radius 1 is 1.05 bits per heavy atom. The van der Waals surface area contributed by atoms with Crippen molar-refractivity contribution in [2.75, 3.05) is 0 Å². The molecule has 3 nitrogen and oxygen atoms in total. The van der Waals surface area contributed by atoms with Crippen LogP contribution < -0.4 is 0 Å². The molecule has 3 rings (SSSR count). The minimum absolute atomic E-state index is 0.0794. The molecule has 1 aliphatic heterocycles. The molecule has 1 aliphatic carbocycles. The van der Waals surface area contributed by atoms with Gasteiger partial charge in [0.1, 0.15) is 0 Å². The Morgan fingerprint density at radius 3 is 2.32 bits per heavy atom. The largest absolute Gasteiger partial charge is 0.269 e. The zero-order chi connectivity index (χ0) is 13.7. The molecule has 0 saturated heterocycles. The van der Waals surface area contributed by atoms with Crippen LogP contribution in [0.3, 0.4) is 0 Å². The summed E-state index contributed by atoms with van der Waals surface area (Å²) in [6, 6.07) is 2.08. The summed E-state index contributed by atoms with van der Waals surface area (Å²) in [4.78, 5) is 25.1. The standard InChI is InChI=1S/C16H17NO2/c1-9-8-10(2)16-12(11(9)3)4-5-13(16)17-14(18)6-7-15(17)19/h6-8,13H,4-5H2,1-3H3/t13-/m0/s1. The highest BCUT2D eigenvalue weighted by atomic mass is 16.2. The summed E-state index contributed by atoms with van der Waals surface area (Å²) < 4.78 is 0. The fraction of sp³-hybridized carbons (Fsp3) is 0.375. The van der Waals surface area contributed by atoms with Crippen molar-refractivity contribution in [2.45, 2.75) is 39.7 Å². The topological polar surface area (TPSA) is 37.4 Å². The molecular formula is C16H17NO2. The molecule has 0 N–H and O–H groups in total. The SMILES string of the molecule is Cc1cc(C)c2c(c1C)CC[C@@H]2N1C(=O)C=CC1=O. The van der Waals surface area contributed by atoms with E-state index in [0.717, 1.165) is 12.8 Å². The van der Waals surface area contributed by atoms with Crippen LogP contribution in [0.1, 0.15) is 40.3 Å². The monoisotopic (exact) mass is 255 g/mol. The Labute approximate surface area is 112 Å². The molecule has 98 valence electrons. The van der Waals surface area contributed by atoms with Crippen molar-refractivity contribution in [2.24, 2.45) is 0 Å². The van der Waals surface area contributed by atoms with E-state index in [-0.39, 0.29) is 17.9 Å². The predicted octanol–water partition coefficient (Wildman–Crippen LogP) is 2.52. The number of fused-ring (bicyclic) bond motifs is 1. The predicted molar refractivity (Wildman–Crippen MR) is 72.7 cm³/mol. The van der Waals surface area contributed by atoms with Gasteiger partial charge in [0.05, 0.1) is 6.04 Å². The number of hydrogen-bond acceptors (Lipinski definition) is 2. The molecule has 1 aromatic carbocycles. The highest BCUT2D eigenvalue weighted by molar-refractivity contribution is 6.13. The van der Waals surface area contributed by atoms with Gasteiger partial charge in [-0.05, 0) is 61.4 Å². The maximum Gasteiger partial charge on any atom is 0.254 e. The first-order chi connectivity index (χ1) is 9.00. The number of rotatable bonds is 1. The number of benzene rings is 1. The second-order valence-corrected chi connectivity index (χ2v) is 5.46. The zero-order valence-corrected chi connectivity index (χ0v) is 11.5. The summed E-state index contributed by atoms with van der Waals surface area (Å²) in [7, 11) is 0. The van der Waals surface area contributed by atoms with Gasteiger partial charge in [-0.25, -0.2) is 0 Å². The van der Waals surface area contributed by atoms with Gasteiger partial charge in [-0.3, -0.25) is 14.5 Å². The van der Waals surface area contributed by atoms with Crippen LogP contribution in [0.15, 0.2) is 18.2 Å². The molecule has 1 aromatic rings. The second kappa shape index (κ2) is 4.05. The van der Waals surface area contributed by atoms with Crippen molar-refractivity contribution >= 4 is 11.8 Å². The van der Waals surface area contributed by atoms with Crippen molar-refractivity contribution in [3.05, 3.63) is 46.0 Å². The lowest BCUT2D eigenvalue weighted by Crippen LogP contribution is -2.33. The number of aryl methyl sites for hydroxylation is 2. The quantitative estimate of drug-likeness (QED) is 0.723. The van der Waals surface area contributed by atoms with Crippen LogP contribution in [0.4, 0.5) is 0 Å². The molecule has 3 heteroatoms. The Kier molecular flexibility index (Phi) is 2.59. The lowest BCUT2D eigenvalue weighted by atomic mass is 9.94. The molecule has 0 bridgehead atoms. The first-order valence-corrected chi connectivity index (χ1v) is 6.65. The van der Waals surface area contributed by atoms with Gasteiger partial charge in [0, 0.05) is 12.2 Å². The van der Waals surface area contributed by atoms with Gasteiger partial charge < -0.3 is 0 Å². The Bertz CT molecular complexity index is 610. The van der Waals surface area contributed by atoms with E-state index in [1.165, 1.54) is 44.9 Å². The van der Waals surface area contributed by atoms with Crippen molar-refractivity contribution in [3.63, 3.8) is 0 Å². The zero-order valence-electron chi connectivity index (χ0n) is 11.5. The first-order valence-electron chi connectivity index (χ1n) is 6.65. The van der Waals surface area contributed by atoms with E-state index in [0.29, 0.717) is 0 Å². The third kappa shape index (κ3) is 1.65. The molecule has 0 saturated carbocycles. The van der Waals surface area contributed by atoms with Gasteiger partial charge in [-0.1, -0.05) is 6.07 Å². The number of carbonyl (C=O) groups excluding carboxylic acids is 2. The summed E-state index contributed by atoms with van der Waals surface area (Å²) in [5.74, 6) is -0.360. The Balaban J connectivity index is 2.10. The van der Waals surface area contributed by atoms with Gasteiger partial charge in [-0.2, -0.15) is 0 Å². The van der Waals surface area contributed by atoms with Crippen molar-refractivity contribution < 1.29 is 9.59 Å². The highest BCUT2D eigenvalue weighted by Gasteiger charge is 2.37. The van der Waals surface area contributed by atoms with Crippen LogP contribution in [0.5, 0.6) is 0 Å². The Morgan fingerprint density at radius 2 is 1.68 bits per heavy atom. The van der Waals surface area contributed by atoms with E-state index < -0.39 is 0 Å². The maximum atomic E-state index is 11.9. The molecule has 0 radical (unpaired) electrons. The smallest absolute Gasteiger partial charge is 0.254 e. The van der Waals surface area contributed by atoms with Gasteiger partial charge >= 0.3 is 0 Å². The van der Waals surface area contributed by atoms with E-state index in [1.807, 2.05) is 0 Å². The third-order valence-electron chi connectivity index (χ3n) is 4.38. The molecule has 2 amide bonds. The van der Waals surface area contributed by atoms with Crippen LogP contribution in [0.2, 0.25) is 0 Å². The van der Waals surface area contributed by atoms with Gasteiger partial charge in [0.15, 0.2) is 0 Å². The average Bonchev–Trinajstić information content (AvgIpc) is 2.91. The normalized spacial score (nSPS) is 21.4. The third-order valence-corrected chi connectivity index (χ3v) is 4.38. The molecule has 1 heterocycles. The first kappa shape index (κ1) is 12.2. The second-order valence-electron chi connectivity index (χ2n) is 5.46. The summed E-state index contributed by atoms with van der Waals surface area (Å²) in [6.45, 7) is 6.31. The van der Waals surface area contributed by atoms with Crippen LogP contribution in [0, 0.1) is 20.8 Å². The molecule has 0 unspecified atom stereocenters. The van der Waals surface area contributed by atoms with Gasteiger partial charge in [-0.15, -0.1) is 0 Å². The number of carbonyl (C=O) groups is 2. The number of nitrogens with zero attached hydrogens (tertiary/aromatic N) is 1. The van der Waals surface area contributed by atoms with Gasteiger partial charge in [0.2, 0.25) is 0 Å². The van der Waals surface area contributed by atoms with Crippen molar-refractivity contribution in [1.82, 2.24) is 4.90 Å². The van der Waals surface area contributed by atoms with E-state index in [9.17, 15) is 9.59 Å². The Hall–Kier alpha value is -1.90. The average molecular weight is 255 g/mol. The molecular weight excluding hydrogens is 238 g/mol.